The third kappa shape index (κ3) is 3.32. The van der Waals surface area contributed by atoms with Crippen LogP contribution in [0, 0.1) is 0 Å². The first-order chi connectivity index (χ1) is 6.29. The summed E-state index contributed by atoms with van der Waals surface area (Å²) in [6.45, 7) is 1.77. The average Bonchev–Trinajstić information content (AvgIpc) is 2.89. The molecule has 0 aromatic carbocycles. The van der Waals surface area contributed by atoms with Gasteiger partial charge < -0.3 is 15.4 Å². The minimum Gasteiger partial charge on any atom is -0.383 e. The van der Waals surface area contributed by atoms with Crippen LogP contribution in [0.3, 0.4) is 0 Å². The molecule has 4 heteroatoms. The molecule has 2 N–H and O–H groups in total. The van der Waals surface area contributed by atoms with Crippen LogP contribution < -0.4 is 5.73 Å². The van der Waals surface area contributed by atoms with E-state index < -0.39 is 0 Å². The summed E-state index contributed by atoms with van der Waals surface area (Å²) in [5, 5.41) is 0. The molecule has 1 amide bonds. The van der Waals surface area contributed by atoms with E-state index in [2.05, 4.69) is 0 Å². The lowest BCUT2D eigenvalue weighted by Gasteiger charge is -2.21. The molecular formula is C9H18N2O2. The number of amides is 1. The molecule has 1 aliphatic carbocycles. The van der Waals surface area contributed by atoms with E-state index >= 15 is 0 Å². The SMILES string of the molecule is COCCN(C(=O)CCN)C1CC1. The Kier molecular flexibility index (Phi) is 4.18. The van der Waals surface area contributed by atoms with E-state index in [4.69, 9.17) is 10.5 Å². The van der Waals surface area contributed by atoms with Crippen molar-refractivity contribution in [2.75, 3.05) is 26.8 Å². The zero-order valence-corrected chi connectivity index (χ0v) is 8.16. The predicted octanol–water partition coefficient (Wildman–Crippen LogP) is -0.0274. The number of ether oxygens (including phenoxy) is 1. The first kappa shape index (κ1) is 10.5. The van der Waals surface area contributed by atoms with E-state index in [1.54, 1.807) is 7.11 Å². The van der Waals surface area contributed by atoms with Crippen molar-refractivity contribution in [2.45, 2.75) is 25.3 Å². The lowest BCUT2D eigenvalue weighted by molar-refractivity contribution is -0.132. The summed E-state index contributed by atoms with van der Waals surface area (Å²) in [5.41, 5.74) is 5.34. The number of rotatable bonds is 6. The third-order valence-electron chi connectivity index (χ3n) is 2.20. The van der Waals surface area contributed by atoms with Crippen LogP contribution in [0.1, 0.15) is 19.3 Å². The molecular weight excluding hydrogens is 168 g/mol. The highest BCUT2D eigenvalue weighted by Crippen LogP contribution is 2.26. The molecule has 0 radical (unpaired) electrons. The van der Waals surface area contributed by atoms with Gasteiger partial charge in [0.2, 0.25) is 5.91 Å². The maximum absolute atomic E-state index is 11.5. The van der Waals surface area contributed by atoms with E-state index in [0.29, 0.717) is 32.2 Å². The van der Waals surface area contributed by atoms with Crippen LogP contribution in [0.25, 0.3) is 0 Å². The highest BCUT2D eigenvalue weighted by molar-refractivity contribution is 5.77. The van der Waals surface area contributed by atoms with E-state index in [9.17, 15) is 4.79 Å². The highest BCUT2D eigenvalue weighted by Gasteiger charge is 2.31. The molecule has 0 unspecified atom stereocenters. The summed E-state index contributed by atoms with van der Waals surface area (Å²) in [7, 11) is 1.65. The molecule has 13 heavy (non-hydrogen) atoms. The van der Waals surface area contributed by atoms with Crippen molar-refractivity contribution in [2.24, 2.45) is 5.73 Å². The number of methoxy groups -OCH3 is 1. The maximum atomic E-state index is 11.5. The second-order valence-corrected chi connectivity index (χ2v) is 3.35. The molecule has 76 valence electrons. The van der Waals surface area contributed by atoms with Crippen molar-refractivity contribution >= 4 is 5.91 Å². The van der Waals surface area contributed by atoms with Crippen molar-refractivity contribution in [1.82, 2.24) is 4.90 Å². The van der Waals surface area contributed by atoms with Gasteiger partial charge in [0.1, 0.15) is 0 Å². The summed E-state index contributed by atoms with van der Waals surface area (Å²) in [5.74, 6) is 0.169. The summed E-state index contributed by atoms with van der Waals surface area (Å²) < 4.78 is 4.95. The van der Waals surface area contributed by atoms with Crippen LogP contribution in [0.2, 0.25) is 0 Å². The molecule has 0 atom stereocenters. The van der Waals surface area contributed by atoms with Crippen LogP contribution in [0.4, 0.5) is 0 Å². The summed E-state index contributed by atoms with van der Waals surface area (Å²) in [6.07, 6.45) is 2.74. The van der Waals surface area contributed by atoms with E-state index in [-0.39, 0.29) is 5.91 Å². The standard InChI is InChI=1S/C9H18N2O2/c1-13-7-6-11(8-2-3-8)9(12)4-5-10/h8H,2-7,10H2,1H3. The maximum Gasteiger partial charge on any atom is 0.224 e. The highest BCUT2D eigenvalue weighted by atomic mass is 16.5. The minimum absolute atomic E-state index is 0.169. The number of nitrogens with two attached hydrogens (primary N) is 1. The lowest BCUT2D eigenvalue weighted by atomic mass is 10.3. The van der Waals surface area contributed by atoms with Crippen molar-refractivity contribution < 1.29 is 9.53 Å². The van der Waals surface area contributed by atoms with Crippen molar-refractivity contribution in [3.63, 3.8) is 0 Å². The Labute approximate surface area is 79.0 Å². The van der Waals surface area contributed by atoms with Gasteiger partial charge in [-0.05, 0) is 12.8 Å². The molecule has 0 aromatic heterocycles. The van der Waals surface area contributed by atoms with Gasteiger partial charge in [-0.1, -0.05) is 0 Å². The topological polar surface area (TPSA) is 55.6 Å². The fourth-order valence-electron chi connectivity index (χ4n) is 1.35. The Hall–Kier alpha value is -0.610. The van der Waals surface area contributed by atoms with Gasteiger partial charge in [-0.3, -0.25) is 4.79 Å². The number of hydrogen-bond donors (Lipinski definition) is 1. The molecule has 1 saturated carbocycles. The van der Waals surface area contributed by atoms with Crippen LogP contribution >= 0.6 is 0 Å². The normalized spacial score (nSPS) is 15.8. The second-order valence-electron chi connectivity index (χ2n) is 3.35. The number of hydrogen-bond acceptors (Lipinski definition) is 3. The number of carbonyl (C=O) groups excluding carboxylic acids is 1. The quantitative estimate of drug-likeness (QED) is 0.634. The Morgan fingerprint density at radius 1 is 1.62 bits per heavy atom. The predicted molar refractivity (Wildman–Crippen MR) is 50.3 cm³/mol. The Morgan fingerprint density at radius 3 is 2.77 bits per heavy atom. The summed E-state index contributed by atoms with van der Waals surface area (Å²) in [4.78, 5) is 13.4. The molecule has 4 nitrogen and oxygen atoms in total. The number of carbonyl (C=O) groups is 1. The van der Waals surface area contributed by atoms with Crippen LogP contribution in [0.15, 0.2) is 0 Å². The second kappa shape index (κ2) is 5.19. The summed E-state index contributed by atoms with van der Waals surface area (Å²) in [6, 6.07) is 0.467. The molecule has 1 fully saturated rings. The molecule has 0 spiro atoms. The van der Waals surface area contributed by atoms with Gasteiger partial charge in [0.15, 0.2) is 0 Å². The first-order valence-electron chi connectivity index (χ1n) is 4.78. The van der Waals surface area contributed by atoms with Crippen molar-refractivity contribution in [3.05, 3.63) is 0 Å². The van der Waals surface area contributed by atoms with Gasteiger partial charge in [0.25, 0.3) is 0 Å². The Balaban J connectivity index is 2.32. The van der Waals surface area contributed by atoms with E-state index in [1.165, 1.54) is 0 Å². The van der Waals surface area contributed by atoms with Crippen molar-refractivity contribution in [3.8, 4) is 0 Å². The van der Waals surface area contributed by atoms with Crippen LogP contribution in [-0.4, -0.2) is 43.7 Å². The largest absolute Gasteiger partial charge is 0.383 e. The molecule has 0 bridgehead atoms. The molecule has 0 heterocycles. The molecule has 1 rings (SSSR count). The molecule has 1 aliphatic rings. The van der Waals surface area contributed by atoms with Gasteiger partial charge in [0.05, 0.1) is 6.61 Å². The van der Waals surface area contributed by atoms with Gasteiger partial charge in [0, 0.05) is 32.7 Å². The summed E-state index contributed by atoms with van der Waals surface area (Å²) >= 11 is 0. The molecule has 0 saturated heterocycles. The van der Waals surface area contributed by atoms with E-state index in [0.717, 1.165) is 12.8 Å². The molecule has 0 aromatic rings. The Bertz CT molecular complexity index is 169. The third-order valence-corrected chi connectivity index (χ3v) is 2.20. The van der Waals surface area contributed by atoms with Gasteiger partial charge in [-0.15, -0.1) is 0 Å². The minimum atomic E-state index is 0.169. The van der Waals surface area contributed by atoms with Gasteiger partial charge >= 0.3 is 0 Å². The van der Waals surface area contributed by atoms with Crippen LogP contribution in [0.5, 0.6) is 0 Å². The zero-order valence-electron chi connectivity index (χ0n) is 8.16. The fourth-order valence-corrected chi connectivity index (χ4v) is 1.35. The molecule has 0 aliphatic heterocycles. The number of nitrogens with zero attached hydrogens (tertiary/aromatic N) is 1. The zero-order chi connectivity index (χ0) is 9.68. The van der Waals surface area contributed by atoms with Crippen molar-refractivity contribution in [1.29, 1.82) is 0 Å². The smallest absolute Gasteiger partial charge is 0.224 e. The Morgan fingerprint density at radius 2 is 2.31 bits per heavy atom. The van der Waals surface area contributed by atoms with Gasteiger partial charge in [-0.2, -0.15) is 0 Å². The van der Waals surface area contributed by atoms with E-state index in [1.807, 2.05) is 4.90 Å². The van der Waals surface area contributed by atoms with Crippen LogP contribution in [-0.2, 0) is 9.53 Å². The van der Waals surface area contributed by atoms with Gasteiger partial charge in [-0.25, -0.2) is 0 Å². The first-order valence-corrected chi connectivity index (χ1v) is 4.78. The monoisotopic (exact) mass is 186 g/mol. The average molecular weight is 186 g/mol. The lowest BCUT2D eigenvalue weighted by Crippen LogP contribution is -2.36. The fraction of sp³-hybridized carbons (Fsp3) is 0.889.